The van der Waals surface area contributed by atoms with E-state index in [0.717, 1.165) is 6.42 Å². The second-order valence-corrected chi connectivity index (χ2v) is 3.38. The SMILES string of the molecule is N#CC[C@H]1C[C@@H]1c1ccccc1. The molecule has 1 saturated carbocycles. The summed E-state index contributed by atoms with van der Waals surface area (Å²) >= 11 is 0. The first-order valence-electron chi connectivity index (χ1n) is 4.33. The molecular weight excluding hydrogens is 146 g/mol. The number of hydrogen-bond donors (Lipinski definition) is 0. The predicted octanol–water partition coefficient (Wildman–Crippen LogP) is 2.70. The Morgan fingerprint density at radius 3 is 2.75 bits per heavy atom. The molecule has 1 heteroatoms. The van der Waals surface area contributed by atoms with E-state index in [-0.39, 0.29) is 0 Å². The van der Waals surface area contributed by atoms with E-state index in [4.69, 9.17) is 5.26 Å². The highest BCUT2D eigenvalue weighted by molar-refractivity contribution is 5.25. The molecule has 0 aliphatic heterocycles. The van der Waals surface area contributed by atoms with Crippen LogP contribution in [0, 0.1) is 17.2 Å². The maximum Gasteiger partial charge on any atom is 0.0624 e. The van der Waals surface area contributed by atoms with Gasteiger partial charge in [-0.15, -0.1) is 0 Å². The van der Waals surface area contributed by atoms with Crippen molar-refractivity contribution in [2.24, 2.45) is 5.92 Å². The van der Waals surface area contributed by atoms with Crippen LogP contribution in [0.1, 0.15) is 24.3 Å². The number of hydrogen-bond acceptors (Lipinski definition) is 1. The first kappa shape index (κ1) is 7.36. The molecule has 2 atom stereocenters. The second kappa shape index (κ2) is 2.98. The van der Waals surface area contributed by atoms with Crippen molar-refractivity contribution in [1.29, 1.82) is 5.26 Å². The zero-order valence-electron chi connectivity index (χ0n) is 6.90. The summed E-state index contributed by atoms with van der Waals surface area (Å²) in [6.45, 7) is 0. The smallest absolute Gasteiger partial charge is 0.0624 e. The summed E-state index contributed by atoms with van der Waals surface area (Å²) in [6, 6.07) is 12.7. The van der Waals surface area contributed by atoms with Crippen LogP contribution in [0.5, 0.6) is 0 Å². The van der Waals surface area contributed by atoms with Crippen molar-refractivity contribution >= 4 is 0 Å². The van der Waals surface area contributed by atoms with E-state index >= 15 is 0 Å². The molecule has 1 aromatic rings. The fourth-order valence-electron chi connectivity index (χ4n) is 1.70. The van der Waals surface area contributed by atoms with Crippen molar-refractivity contribution in [2.45, 2.75) is 18.8 Å². The van der Waals surface area contributed by atoms with E-state index in [0.29, 0.717) is 11.8 Å². The van der Waals surface area contributed by atoms with E-state index in [1.165, 1.54) is 12.0 Å². The Bertz CT molecular complexity index is 297. The number of rotatable bonds is 2. The molecule has 1 aromatic carbocycles. The van der Waals surface area contributed by atoms with Gasteiger partial charge in [0.05, 0.1) is 6.07 Å². The maximum absolute atomic E-state index is 8.49. The first-order valence-corrected chi connectivity index (χ1v) is 4.33. The van der Waals surface area contributed by atoms with Gasteiger partial charge in [0.25, 0.3) is 0 Å². The lowest BCUT2D eigenvalue weighted by Crippen LogP contribution is -1.81. The fraction of sp³-hybridized carbons (Fsp3) is 0.364. The van der Waals surface area contributed by atoms with Crippen LogP contribution in [0.3, 0.4) is 0 Å². The third-order valence-electron chi connectivity index (χ3n) is 2.50. The van der Waals surface area contributed by atoms with Crippen LogP contribution in [0.2, 0.25) is 0 Å². The molecule has 12 heavy (non-hydrogen) atoms. The minimum absolute atomic E-state index is 0.636. The average Bonchev–Trinajstić information content (AvgIpc) is 2.87. The predicted molar refractivity (Wildman–Crippen MR) is 47.5 cm³/mol. The largest absolute Gasteiger partial charge is 0.198 e. The molecule has 60 valence electrons. The van der Waals surface area contributed by atoms with Crippen molar-refractivity contribution in [1.82, 2.24) is 0 Å². The van der Waals surface area contributed by atoms with Crippen molar-refractivity contribution in [2.75, 3.05) is 0 Å². The molecule has 0 radical (unpaired) electrons. The number of benzene rings is 1. The van der Waals surface area contributed by atoms with Crippen LogP contribution in [-0.4, -0.2) is 0 Å². The van der Waals surface area contributed by atoms with Gasteiger partial charge in [0, 0.05) is 6.42 Å². The van der Waals surface area contributed by atoms with Crippen molar-refractivity contribution in [3.8, 4) is 6.07 Å². The molecule has 0 saturated heterocycles. The fourth-order valence-corrected chi connectivity index (χ4v) is 1.70. The summed E-state index contributed by atoms with van der Waals surface area (Å²) in [5.74, 6) is 1.31. The highest BCUT2D eigenvalue weighted by Crippen LogP contribution is 2.49. The molecular formula is C11H11N. The highest BCUT2D eigenvalue weighted by Gasteiger charge is 2.37. The average molecular weight is 157 g/mol. The Labute approximate surface area is 72.6 Å². The monoisotopic (exact) mass is 157 g/mol. The van der Waals surface area contributed by atoms with Gasteiger partial charge >= 0.3 is 0 Å². The molecule has 2 rings (SSSR count). The lowest BCUT2D eigenvalue weighted by Gasteiger charge is -1.95. The van der Waals surface area contributed by atoms with Gasteiger partial charge < -0.3 is 0 Å². The van der Waals surface area contributed by atoms with Crippen LogP contribution in [0.25, 0.3) is 0 Å². The zero-order valence-corrected chi connectivity index (χ0v) is 6.90. The third-order valence-corrected chi connectivity index (χ3v) is 2.50. The quantitative estimate of drug-likeness (QED) is 0.647. The Hall–Kier alpha value is -1.29. The summed E-state index contributed by atoms with van der Waals surface area (Å²) in [5, 5.41) is 8.49. The molecule has 1 aliphatic carbocycles. The van der Waals surface area contributed by atoms with E-state index in [9.17, 15) is 0 Å². The van der Waals surface area contributed by atoms with Crippen LogP contribution < -0.4 is 0 Å². The van der Waals surface area contributed by atoms with Crippen molar-refractivity contribution in [3.05, 3.63) is 35.9 Å². The van der Waals surface area contributed by atoms with E-state index < -0.39 is 0 Å². The minimum atomic E-state index is 0.636. The van der Waals surface area contributed by atoms with Gasteiger partial charge in [-0.3, -0.25) is 0 Å². The molecule has 0 aromatic heterocycles. The third kappa shape index (κ3) is 1.33. The minimum Gasteiger partial charge on any atom is -0.198 e. The Morgan fingerprint density at radius 2 is 2.08 bits per heavy atom. The van der Waals surface area contributed by atoms with Crippen LogP contribution in [-0.2, 0) is 0 Å². The van der Waals surface area contributed by atoms with Crippen molar-refractivity contribution < 1.29 is 0 Å². The van der Waals surface area contributed by atoms with Crippen LogP contribution >= 0.6 is 0 Å². The van der Waals surface area contributed by atoms with E-state index in [1.807, 2.05) is 6.07 Å². The van der Waals surface area contributed by atoms with Gasteiger partial charge in [-0.05, 0) is 23.8 Å². The highest BCUT2D eigenvalue weighted by atomic mass is 14.4. The Balaban J connectivity index is 2.03. The van der Waals surface area contributed by atoms with Crippen LogP contribution in [0.15, 0.2) is 30.3 Å². The molecule has 1 aliphatic rings. The number of nitrogens with zero attached hydrogens (tertiary/aromatic N) is 1. The van der Waals surface area contributed by atoms with E-state index in [1.54, 1.807) is 0 Å². The topological polar surface area (TPSA) is 23.8 Å². The second-order valence-electron chi connectivity index (χ2n) is 3.38. The van der Waals surface area contributed by atoms with Crippen LogP contribution in [0.4, 0.5) is 0 Å². The molecule has 0 N–H and O–H groups in total. The van der Waals surface area contributed by atoms with Gasteiger partial charge in [-0.1, -0.05) is 30.3 Å². The molecule has 0 heterocycles. The lowest BCUT2D eigenvalue weighted by molar-refractivity contribution is 0.829. The van der Waals surface area contributed by atoms with Gasteiger partial charge in [0.15, 0.2) is 0 Å². The summed E-state index contributed by atoms with van der Waals surface area (Å²) < 4.78 is 0. The van der Waals surface area contributed by atoms with Gasteiger partial charge in [-0.25, -0.2) is 0 Å². The van der Waals surface area contributed by atoms with Gasteiger partial charge in [-0.2, -0.15) is 5.26 Å². The standard InChI is InChI=1S/C11H11N/c12-7-6-10-8-11(10)9-4-2-1-3-5-9/h1-5,10-11H,6,8H2/t10-,11+/m0/s1. The molecule has 0 amide bonds. The molecule has 1 nitrogen and oxygen atoms in total. The van der Waals surface area contributed by atoms with Crippen molar-refractivity contribution in [3.63, 3.8) is 0 Å². The summed E-state index contributed by atoms with van der Waals surface area (Å²) in [4.78, 5) is 0. The molecule has 0 unspecified atom stereocenters. The lowest BCUT2D eigenvalue weighted by atomic mass is 10.1. The normalized spacial score (nSPS) is 26.2. The Kier molecular flexibility index (Phi) is 1.83. The first-order chi connectivity index (χ1) is 5.92. The zero-order chi connectivity index (χ0) is 8.39. The van der Waals surface area contributed by atoms with Gasteiger partial charge in [0.1, 0.15) is 0 Å². The molecule has 1 fully saturated rings. The molecule has 0 spiro atoms. The maximum atomic E-state index is 8.49. The van der Waals surface area contributed by atoms with E-state index in [2.05, 4.69) is 30.3 Å². The van der Waals surface area contributed by atoms with Gasteiger partial charge in [0.2, 0.25) is 0 Å². The summed E-state index contributed by atoms with van der Waals surface area (Å²) in [7, 11) is 0. The number of nitriles is 1. The Morgan fingerprint density at radius 1 is 1.33 bits per heavy atom. The molecule has 0 bridgehead atoms. The summed E-state index contributed by atoms with van der Waals surface area (Å²) in [6.07, 6.45) is 1.93. The summed E-state index contributed by atoms with van der Waals surface area (Å²) in [5.41, 5.74) is 1.40.